The average Bonchev–Trinajstić information content (AvgIpc) is 0.809. The molecule has 0 rings (SSSR count). The fourth-order valence-electron chi connectivity index (χ4n) is 12.0. The molecular formula is C84H147N15O18. The molecule has 0 aromatic carbocycles. The number of nitrogens with one attached hydrogen (secondary N) is 14. The van der Waals surface area contributed by atoms with Crippen molar-refractivity contribution in [2.24, 2.45) is 46.8 Å². The molecule has 1 unspecified atom stereocenters. The van der Waals surface area contributed by atoms with Gasteiger partial charge >= 0.3 is 0 Å². The maximum absolute atomic E-state index is 14.6. The van der Waals surface area contributed by atoms with Crippen LogP contribution in [0.25, 0.3) is 0 Å². The van der Waals surface area contributed by atoms with Gasteiger partial charge in [-0.15, -0.1) is 0 Å². The van der Waals surface area contributed by atoms with Crippen LogP contribution >= 0.6 is 0 Å². The number of likely N-dealkylation sites (N-methyl/N-ethyl adjacent to an activating group) is 1. The number of rotatable bonds is 47. The molecule has 0 fully saturated rings. The summed E-state index contributed by atoms with van der Waals surface area (Å²) in [5.41, 5.74) is -7.37. The van der Waals surface area contributed by atoms with Crippen molar-refractivity contribution < 1.29 is 87.2 Å². The van der Waals surface area contributed by atoms with Gasteiger partial charge in [-0.3, -0.25) is 71.9 Å². The molecule has 0 bridgehead atoms. The zero-order valence-corrected chi connectivity index (χ0v) is 76.2. The monoisotopic (exact) mass is 1650 g/mol. The smallest absolute Gasteiger partial charge is 0.268 e. The molecule has 0 radical (unpaired) electrons. The molecule has 17 N–H and O–H groups in total. The molecule has 0 heterocycles. The second-order valence-electron chi connectivity index (χ2n) is 35.2. The highest BCUT2D eigenvalue weighted by molar-refractivity contribution is 6.09. The number of ketones is 1. The number of amides is 14. The first kappa shape index (κ1) is 108. The van der Waals surface area contributed by atoms with Crippen molar-refractivity contribution >= 4 is 88.5 Å². The van der Waals surface area contributed by atoms with Gasteiger partial charge in [0.1, 0.15) is 82.6 Å². The average molecular weight is 1660 g/mol. The minimum Gasteiger partial charge on any atom is -0.388 e. The molecule has 117 heavy (non-hydrogen) atoms. The minimum atomic E-state index is -2.15. The molecule has 33 heteroatoms. The van der Waals surface area contributed by atoms with E-state index in [1.54, 1.807) is 118 Å². The van der Waals surface area contributed by atoms with E-state index in [1.807, 2.05) is 46.7 Å². The highest BCUT2D eigenvalue weighted by Crippen LogP contribution is 2.28. The van der Waals surface area contributed by atoms with Crippen molar-refractivity contribution in [3.8, 4) is 0 Å². The van der Waals surface area contributed by atoms with Crippen LogP contribution in [-0.2, 0) is 71.9 Å². The topological polar surface area (TPSA) is 488 Å². The van der Waals surface area contributed by atoms with Gasteiger partial charge in [-0.05, 0) is 201 Å². The van der Waals surface area contributed by atoms with Crippen LogP contribution < -0.4 is 74.4 Å². The van der Waals surface area contributed by atoms with E-state index in [1.165, 1.54) is 69.2 Å². The number of Topliss-reactive ketones (excluding diaryl/α,β-unsaturated/α-hetero) is 1. The maximum atomic E-state index is 14.6. The number of aliphatic hydroxyl groups is 3. The zero-order chi connectivity index (χ0) is 91.5. The maximum Gasteiger partial charge on any atom is 0.268 e. The Morgan fingerprint density at radius 2 is 0.701 bits per heavy atom. The molecule has 0 spiro atoms. The van der Waals surface area contributed by atoms with Gasteiger partial charge in [0.15, 0.2) is 5.78 Å². The van der Waals surface area contributed by atoms with Gasteiger partial charge in [0.25, 0.3) is 23.6 Å². The van der Waals surface area contributed by atoms with Crippen molar-refractivity contribution in [3.63, 3.8) is 0 Å². The van der Waals surface area contributed by atoms with Crippen LogP contribution in [0.5, 0.6) is 0 Å². The summed E-state index contributed by atoms with van der Waals surface area (Å²) in [5.74, 6) is -15.9. The Labute approximate surface area is 695 Å². The molecule has 0 saturated carbocycles. The van der Waals surface area contributed by atoms with E-state index in [4.69, 9.17) is 0 Å². The van der Waals surface area contributed by atoms with Crippen LogP contribution in [0.3, 0.4) is 0 Å². The fraction of sp³-hybridized carbons (Fsp3) is 0.726. The minimum absolute atomic E-state index is 0.0135. The van der Waals surface area contributed by atoms with E-state index in [-0.39, 0.29) is 78.4 Å². The summed E-state index contributed by atoms with van der Waals surface area (Å²) in [5, 5.41) is 71.1. The lowest BCUT2D eigenvalue weighted by atomic mass is 9.78. The van der Waals surface area contributed by atoms with E-state index in [0.717, 1.165) is 0 Å². The molecule has 0 aromatic rings. The first-order valence-corrected chi connectivity index (χ1v) is 40.9. The molecule has 0 saturated heterocycles. The van der Waals surface area contributed by atoms with Gasteiger partial charge in [-0.2, -0.15) is 0 Å². The normalized spacial score (nSPS) is 16.3. The number of hydrogen-bond acceptors (Lipinski definition) is 19. The number of carbonyl (C=O) groups is 15. The second-order valence-corrected chi connectivity index (χ2v) is 35.2. The number of allylic oxidation sites excluding steroid dienone is 4. The molecule has 14 amide bonds. The van der Waals surface area contributed by atoms with Crippen molar-refractivity contribution in [1.29, 1.82) is 0 Å². The third kappa shape index (κ3) is 33.4. The van der Waals surface area contributed by atoms with Gasteiger partial charge in [0.05, 0.1) is 16.8 Å². The SMILES string of the molecule is CC/C(C)=C(\NC(=O)[C@@H](NC(=O)C(C)(C)C(=O)C(C)CC(C)C)[C@](C)(O)CC)C(=O)N[C@@H](C)C(=O)N/C(C(=O)N[C@@H](C(=O)N[C@@H](C(=O)N[C@H](C(=O)N[C@@H](C(=O)N/C(C(=O)N[C@H](C)C(=O)N[C@H](C(=O)N[C@@H](C(=O)NC(C(=O)N[C@H](CN(C)C)C(C)C)=C(C)C)C(C)C)C(C)C)=C(/C)CC)C(C)(C)O)C(C)(C)O)[C@@H](C)CC)C(C)C)=C(\C)CC. The summed E-state index contributed by atoms with van der Waals surface area (Å²) in [6.07, 6.45) is 1.24. The summed E-state index contributed by atoms with van der Waals surface area (Å²) < 4.78 is 0. The van der Waals surface area contributed by atoms with E-state index >= 15 is 0 Å². The van der Waals surface area contributed by atoms with Gasteiger partial charge < -0.3 is 94.7 Å². The second kappa shape index (κ2) is 47.6. The van der Waals surface area contributed by atoms with Crippen LogP contribution in [0.2, 0.25) is 0 Å². The largest absolute Gasteiger partial charge is 0.388 e. The van der Waals surface area contributed by atoms with Gasteiger partial charge in [0, 0.05) is 18.5 Å². The van der Waals surface area contributed by atoms with Gasteiger partial charge in [-0.25, -0.2) is 0 Å². The molecule has 13 atom stereocenters. The fourth-order valence-corrected chi connectivity index (χ4v) is 12.0. The third-order valence-electron chi connectivity index (χ3n) is 20.8. The van der Waals surface area contributed by atoms with Crippen molar-refractivity contribution in [2.45, 2.75) is 330 Å². The van der Waals surface area contributed by atoms with Crippen molar-refractivity contribution in [1.82, 2.24) is 79.3 Å². The van der Waals surface area contributed by atoms with Crippen LogP contribution in [0.1, 0.15) is 253 Å². The van der Waals surface area contributed by atoms with Gasteiger partial charge in [0.2, 0.25) is 59.1 Å². The summed E-state index contributed by atoms with van der Waals surface area (Å²) in [7, 11) is 3.75. The van der Waals surface area contributed by atoms with Crippen LogP contribution in [0.15, 0.2) is 45.1 Å². The molecule has 0 aliphatic heterocycles. The highest BCUT2D eigenvalue weighted by Gasteiger charge is 2.47. The molecule has 0 aliphatic rings. The standard InChI is InChI=1S/C84H147N15O18/c1-34-47(18)59(73(107)85-52(23)67(101)88-56(44(12)13)70(104)90-57(45(14)15)71(105)89-55(43(10)11)69(103)87-54(42(8)9)40-99(32)33)94-77(111)63(82(27,28)115)97-78(112)64(83(29,30)116)96-76(110)62(50(21)37-4)93-72(106)58(46(16)17)91-75(109)61(49(20)36-3)92-68(102)53(24)86-74(108)60(48(19)35-2)95-79(113)65(84(31,117)38-5)98-80(114)81(25,26)66(100)51(22)39-41(6)7/h41-42,44-46,50-54,56-58,62-65,115-117H,34-40H2,1-33H3,(H,85,107)(H,86,108)(H,87,103)(H,88,101)(H,89,105)(H,90,104)(H,91,109)(H,92,102)(H,93,106)(H,94,111)(H,95,113)(H,96,110)(H,97,112)(H,98,114)/b59-47-,60-48-,61-49+/t50-,51?,52+,53-,54+,56-,57+,58+,62+,63-,64+,65+,84+/m0/s1. The van der Waals surface area contributed by atoms with Crippen LogP contribution in [0.4, 0.5) is 0 Å². The van der Waals surface area contributed by atoms with Crippen LogP contribution in [0, 0.1) is 46.8 Å². The molecular weight excluding hydrogens is 1510 g/mol. The predicted molar refractivity (Wildman–Crippen MR) is 449 cm³/mol. The number of nitrogens with zero attached hydrogens (tertiary/aromatic N) is 1. The Bertz CT molecular complexity index is 3660. The number of carbonyl (C=O) groups excluding carboxylic acids is 15. The Morgan fingerprint density at radius 1 is 0.359 bits per heavy atom. The van der Waals surface area contributed by atoms with Crippen LogP contribution in [-0.4, -0.2) is 207 Å². The Hall–Kier alpha value is -8.95. The Morgan fingerprint density at radius 3 is 1.08 bits per heavy atom. The zero-order valence-electron chi connectivity index (χ0n) is 76.2. The van der Waals surface area contributed by atoms with E-state index in [0.29, 0.717) is 29.7 Å². The lowest BCUT2D eigenvalue weighted by Crippen LogP contribution is -2.66. The van der Waals surface area contributed by atoms with Crippen molar-refractivity contribution in [3.05, 3.63) is 45.1 Å². The summed E-state index contributed by atoms with van der Waals surface area (Å²) in [6, 6.07) is -14.0. The summed E-state index contributed by atoms with van der Waals surface area (Å²) in [4.78, 5) is 214. The Balaban J connectivity index is 6.94. The quantitative estimate of drug-likeness (QED) is 0.0303. The summed E-state index contributed by atoms with van der Waals surface area (Å²) in [6.45, 7) is 49.3. The first-order chi connectivity index (χ1) is 53.5. The van der Waals surface area contributed by atoms with E-state index in [9.17, 15) is 87.2 Å². The van der Waals surface area contributed by atoms with Gasteiger partial charge in [-0.1, -0.05) is 124 Å². The lowest BCUT2D eigenvalue weighted by Gasteiger charge is -2.35. The molecule has 666 valence electrons. The molecule has 0 aromatic heterocycles. The van der Waals surface area contributed by atoms with Crippen molar-refractivity contribution in [2.75, 3.05) is 20.6 Å². The molecule has 33 nitrogen and oxygen atoms in total. The number of hydrogen-bond donors (Lipinski definition) is 17. The molecule has 0 aliphatic carbocycles. The Kier molecular flexibility index (Phi) is 44.0. The predicted octanol–water partition coefficient (Wildman–Crippen LogP) is 3.90. The third-order valence-corrected chi connectivity index (χ3v) is 20.8. The summed E-state index contributed by atoms with van der Waals surface area (Å²) >= 11 is 0. The highest BCUT2D eigenvalue weighted by atomic mass is 16.3. The van der Waals surface area contributed by atoms with E-state index < -0.39 is 195 Å². The lowest BCUT2D eigenvalue weighted by molar-refractivity contribution is -0.147. The van der Waals surface area contributed by atoms with E-state index in [2.05, 4.69) is 74.4 Å². The first-order valence-electron chi connectivity index (χ1n) is 40.9.